The van der Waals surface area contributed by atoms with E-state index in [2.05, 4.69) is 10.2 Å². The molecule has 1 N–H and O–H groups in total. The highest BCUT2D eigenvalue weighted by Gasteiger charge is 2.16. The molecular formula is C20H19N3O5. The molecular weight excluding hydrogens is 362 g/mol. The fraction of sp³-hybridized carbons (Fsp3) is 0.300. The molecule has 1 fully saturated rings. The van der Waals surface area contributed by atoms with Crippen molar-refractivity contribution in [1.82, 2.24) is 4.90 Å². The molecule has 0 radical (unpaired) electrons. The zero-order valence-corrected chi connectivity index (χ0v) is 15.1. The molecule has 2 heterocycles. The summed E-state index contributed by atoms with van der Waals surface area (Å²) in [7, 11) is 0. The van der Waals surface area contributed by atoms with Gasteiger partial charge >= 0.3 is 0 Å². The summed E-state index contributed by atoms with van der Waals surface area (Å²) in [6.45, 7) is 2.19. The average Bonchev–Trinajstić information content (AvgIpc) is 2.68. The number of rotatable bonds is 4. The van der Waals surface area contributed by atoms with E-state index in [-0.39, 0.29) is 28.0 Å². The topological polar surface area (TPSA) is 106 Å². The van der Waals surface area contributed by atoms with Gasteiger partial charge in [-0.15, -0.1) is 0 Å². The second kappa shape index (κ2) is 7.40. The molecule has 2 aromatic carbocycles. The number of anilines is 1. The number of nitro benzene ring substituents is 1. The third kappa shape index (κ3) is 3.59. The number of nitro groups is 1. The highest BCUT2D eigenvalue weighted by molar-refractivity contribution is 5.96. The van der Waals surface area contributed by atoms with E-state index >= 15 is 0 Å². The number of piperidine rings is 1. The minimum absolute atomic E-state index is 0.111. The number of benzene rings is 2. The summed E-state index contributed by atoms with van der Waals surface area (Å²) in [5.74, 6) is -0.111. The molecule has 0 bridgehead atoms. The van der Waals surface area contributed by atoms with Crippen molar-refractivity contribution in [1.29, 1.82) is 0 Å². The van der Waals surface area contributed by atoms with Crippen molar-refractivity contribution in [3.05, 3.63) is 56.7 Å². The van der Waals surface area contributed by atoms with Crippen molar-refractivity contribution in [3.8, 4) is 0 Å². The van der Waals surface area contributed by atoms with Crippen LogP contribution in [0.1, 0.15) is 19.3 Å². The van der Waals surface area contributed by atoms with Crippen LogP contribution in [0.2, 0.25) is 0 Å². The lowest BCUT2D eigenvalue weighted by Crippen LogP contribution is -2.36. The Morgan fingerprint density at radius 3 is 2.61 bits per heavy atom. The number of nitrogens with zero attached hydrogens (tertiary/aromatic N) is 2. The van der Waals surface area contributed by atoms with E-state index in [1.807, 2.05) is 0 Å². The molecule has 1 amide bonds. The summed E-state index contributed by atoms with van der Waals surface area (Å²) in [6.07, 6.45) is 3.43. The first-order valence-electron chi connectivity index (χ1n) is 9.18. The number of carbonyl (C=O) groups excluding carboxylic acids is 1. The molecule has 3 aromatic rings. The highest BCUT2D eigenvalue weighted by Crippen LogP contribution is 2.24. The minimum Gasteiger partial charge on any atom is -0.456 e. The quantitative estimate of drug-likeness (QED) is 0.422. The van der Waals surface area contributed by atoms with Crippen LogP contribution in [-0.4, -0.2) is 35.4 Å². The van der Waals surface area contributed by atoms with Gasteiger partial charge in [-0.25, -0.2) is 0 Å². The van der Waals surface area contributed by atoms with E-state index in [0.29, 0.717) is 23.2 Å². The SMILES string of the molecule is O=C(CN1CCCCC1)Nc1ccc2c(=O)c3cc([N+](=O)[O-])ccc3oc2c1. The van der Waals surface area contributed by atoms with Crippen molar-refractivity contribution >= 4 is 39.2 Å². The van der Waals surface area contributed by atoms with Gasteiger partial charge in [0.15, 0.2) is 0 Å². The zero-order chi connectivity index (χ0) is 19.7. The van der Waals surface area contributed by atoms with Gasteiger partial charge in [0.1, 0.15) is 11.2 Å². The third-order valence-corrected chi connectivity index (χ3v) is 4.96. The number of hydrogen-bond acceptors (Lipinski definition) is 6. The van der Waals surface area contributed by atoms with Crippen molar-refractivity contribution in [2.24, 2.45) is 0 Å². The third-order valence-electron chi connectivity index (χ3n) is 4.96. The summed E-state index contributed by atoms with van der Waals surface area (Å²) in [4.78, 5) is 37.5. The number of carbonyl (C=O) groups is 1. The Balaban J connectivity index is 1.62. The number of nitrogens with one attached hydrogen (secondary N) is 1. The van der Waals surface area contributed by atoms with Crippen LogP contribution in [-0.2, 0) is 4.79 Å². The maximum Gasteiger partial charge on any atom is 0.270 e. The predicted molar refractivity (Wildman–Crippen MR) is 106 cm³/mol. The highest BCUT2D eigenvalue weighted by atomic mass is 16.6. The van der Waals surface area contributed by atoms with Gasteiger partial charge in [-0.3, -0.25) is 24.6 Å². The molecule has 144 valence electrons. The van der Waals surface area contributed by atoms with Crippen molar-refractivity contribution in [2.45, 2.75) is 19.3 Å². The van der Waals surface area contributed by atoms with Gasteiger partial charge in [-0.2, -0.15) is 0 Å². The Bertz CT molecular complexity index is 1130. The normalized spacial score (nSPS) is 15.0. The molecule has 1 aromatic heterocycles. The Hall–Kier alpha value is -3.26. The number of hydrogen-bond donors (Lipinski definition) is 1. The lowest BCUT2D eigenvalue weighted by molar-refractivity contribution is -0.384. The Kier molecular flexibility index (Phi) is 4.79. The largest absolute Gasteiger partial charge is 0.456 e. The standard InChI is InChI=1S/C20H19N3O5/c24-19(12-22-8-2-1-3-9-22)21-13-4-6-15-18(10-13)28-17-7-5-14(23(26)27)11-16(17)20(15)25/h4-7,10-11H,1-3,8-9,12H2,(H,21,24). The molecule has 0 aliphatic carbocycles. The number of amides is 1. The van der Waals surface area contributed by atoms with Crippen LogP contribution in [0.5, 0.6) is 0 Å². The fourth-order valence-electron chi connectivity index (χ4n) is 3.55. The second-order valence-electron chi connectivity index (χ2n) is 6.96. The van der Waals surface area contributed by atoms with Crippen LogP contribution in [0, 0.1) is 10.1 Å². The molecule has 4 rings (SSSR count). The van der Waals surface area contributed by atoms with E-state index in [1.54, 1.807) is 18.2 Å². The van der Waals surface area contributed by atoms with Gasteiger partial charge in [0, 0.05) is 23.9 Å². The molecule has 1 saturated heterocycles. The lowest BCUT2D eigenvalue weighted by Gasteiger charge is -2.25. The van der Waals surface area contributed by atoms with E-state index in [0.717, 1.165) is 25.9 Å². The van der Waals surface area contributed by atoms with E-state index in [1.165, 1.54) is 24.6 Å². The summed E-state index contributed by atoms with van der Waals surface area (Å²) in [5, 5.41) is 14.2. The number of fused-ring (bicyclic) bond motifs is 2. The van der Waals surface area contributed by atoms with Gasteiger partial charge in [0.25, 0.3) is 5.69 Å². The van der Waals surface area contributed by atoms with E-state index < -0.39 is 4.92 Å². The maximum absolute atomic E-state index is 12.7. The van der Waals surface area contributed by atoms with Crippen LogP contribution >= 0.6 is 0 Å². The van der Waals surface area contributed by atoms with Crippen molar-refractivity contribution in [2.75, 3.05) is 25.0 Å². The fourth-order valence-corrected chi connectivity index (χ4v) is 3.55. The predicted octanol–water partition coefficient (Wildman–Crippen LogP) is 3.28. The summed E-state index contributed by atoms with van der Waals surface area (Å²) < 4.78 is 5.75. The van der Waals surface area contributed by atoms with Crippen LogP contribution < -0.4 is 10.7 Å². The number of likely N-dealkylation sites (tertiary alicyclic amines) is 1. The van der Waals surface area contributed by atoms with Gasteiger partial charge < -0.3 is 9.73 Å². The molecule has 1 aliphatic heterocycles. The Morgan fingerprint density at radius 2 is 1.86 bits per heavy atom. The van der Waals surface area contributed by atoms with Crippen LogP contribution in [0.25, 0.3) is 21.9 Å². The summed E-state index contributed by atoms with van der Waals surface area (Å²) >= 11 is 0. The Labute approximate surface area is 159 Å². The molecule has 0 saturated carbocycles. The minimum atomic E-state index is -0.552. The van der Waals surface area contributed by atoms with E-state index in [4.69, 9.17) is 4.42 Å². The van der Waals surface area contributed by atoms with Crippen LogP contribution in [0.15, 0.2) is 45.6 Å². The first-order chi connectivity index (χ1) is 13.5. The van der Waals surface area contributed by atoms with Gasteiger partial charge in [0.2, 0.25) is 11.3 Å². The van der Waals surface area contributed by atoms with Crippen molar-refractivity contribution < 1.29 is 14.1 Å². The summed E-state index contributed by atoms with van der Waals surface area (Å²) in [5.41, 5.74) is 0.618. The summed E-state index contributed by atoms with van der Waals surface area (Å²) in [6, 6.07) is 8.73. The van der Waals surface area contributed by atoms with Gasteiger partial charge in [-0.1, -0.05) is 6.42 Å². The average molecular weight is 381 g/mol. The molecule has 8 heteroatoms. The monoisotopic (exact) mass is 381 g/mol. The van der Waals surface area contributed by atoms with E-state index in [9.17, 15) is 19.7 Å². The number of non-ortho nitro benzene ring substituents is 1. The second-order valence-corrected chi connectivity index (χ2v) is 6.96. The molecule has 28 heavy (non-hydrogen) atoms. The molecule has 1 aliphatic rings. The lowest BCUT2D eigenvalue weighted by atomic mass is 10.1. The molecule has 0 atom stereocenters. The van der Waals surface area contributed by atoms with Gasteiger partial charge in [0.05, 0.1) is 22.2 Å². The molecule has 0 unspecified atom stereocenters. The Morgan fingerprint density at radius 1 is 1.07 bits per heavy atom. The first-order valence-corrected chi connectivity index (χ1v) is 9.18. The van der Waals surface area contributed by atoms with Crippen molar-refractivity contribution in [3.63, 3.8) is 0 Å². The van der Waals surface area contributed by atoms with Gasteiger partial charge in [-0.05, 0) is 44.1 Å². The molecule has 0 spiro atoms. The van der Waals surface area contributed by atoms with Crippen LogP contribution in [0.4, 0.5) is 11.4 Å². The van der Waals surface area contributed by atoms with Crippen LogP contribution in [0.3, 0.4) is 0 Å². The zero-order valence-electron chi connectivity index (χ0n) is 15.1. The molecule has 8 nitrogen and oxygen atoms in total. The maximum atomic E-state index is 12.7. The first kappa shape index (κ1) is 18.1. The smallest absolute Gasteiger partial charge is 0.270 e.